The molecule has 3 unspecified atom stereocenters. The minimum absolute atomic E-state index is 0.192. The van der Waals surface area contributed by atoms with E-state index in [1.165, 1.54) is 0 Å². The molecule has 3 atom stereocenters. The lowest BCUT2D eigenvalue weighted by Crippen LogP contribution is -2.34. The monoisotopic (exact) mass is 328 g/mol. The summed E-state index contributed by atoms with van der Waals surface area (Å²) in [6.07, 6.45) is 6.19. The van der Waals surface area contributed by atoms with Crippen molar-refractivity contribution in [1.82, 2.24) is 0 Å². The van der Waals surface area contributed by atoms with E-state index in [-0.39, 0.29) is 12.4 Å². The lowest BCUT2D eigenvalue weighted by molar-refractivity contribution is -0.159. The first kappa shape index (κ1) is 19.5. The summed E-state index contributed by atoms with van der Waals surface area (Å²) in [5.74, 6) is -2.77. The van der Waals surface area contributed by atoms with Crippen molar-refractivity contribution >= 4 is 17.9 Å². The van der Waals surface area contributed by atoms with E-state index in [4.69, 9.17) is 9.84 Å². The Hall–Kier alpha value is -1.59. The van der Waals surface area contributed by atoms with Gasteiger partial charge in [-0.3, -0.25) is 14.4 Å². The third-order valence-electron chi connectivity index (χ3n) is 4.56. The van der Waals surface area contributed by atoms with Crippen molar-refractivity contribution in [3.63, 3.8) is 0 Å². The molecule has 1 rings (SSSR count). The number of carboxylic acid groups (broad SMARTS) is 2. The van der Waals surface area contributed by atoms with Crippen LogP contribution in [0.15, 0.2) is 0 Å². The van der Waals surface area contributed by atoms with Crippen molar-refractivity contribution in [2.75, 3.05) is 6.61 Å². The average molecular weight is 328 g/mol. The Morgan fingerprint density at radius 1 is 1.04 bits per heavy atom. The standard InChI is InChI=1S/C17H28O6/c1-12(6-4-10-15(18)19)7-5-11-23-17(22)14-9-3-2-8-13(14)16(20)21/h12-14H,2-11H2,1H3,(H,18,19)(H,20,21). The SMILES string of the molecule is CC(CCCOC(=O)C1CCCCC1C(=O)O)CCCC(=O)O. The Balaban J connectivity index is 2.20. The van der Waals surface area contributed by atoms with Crippen LogP contribution in [0, 0.1) is 17.8 Å². The molecule has 0 bridgehead atoms. The van der Waals surface area contributed by atoms with Crippen molar-refractivity contribution in [2.45, 2.75) is 64.7 Å². The van der Waals surface area contributed by atoms with Crippen molar-refractivity contribution in [2.24, 2.45) is 17.8 Å². The van der Waals surface area contributed by atoms with E-state index in [1.807, 2.05) is 0 Å². The molecule has 6 heteroatoms. The Bertz CT molecular complexity index is 406. The van der Waals surface area contributed by atoms with E-state index in [1.54, 1.807) is 0 Å². The number of aliphatic carboxylic acids is 2. The van der Waals surface area contributed by atoms with Gasteiger partial charge in [-0.05, 0) is 38.0 Å². The zero-order valence-electron chi connectivity index (χ0n) is 13.8. The highest BCUT2D eigenvalue weighted by molar-refractivity contribution is 5.81. The molecule has 0 amide bonds. The minimum Gasteiger partial charge on any atom is -0.481 e. The molecule has 0 aromatic rings. The molecule has 0 aromatic heterocycles. The maximum atomic E-state index is 12.1. The van der Waals surface area contributed by atoms with E-state index in [0.717, 1.165) is 32.1 Å². The molecule has 23 heavy (non-hydrogen) atoms. The summed E-state index contributed by atoms with van der Waals surface area (Å²) in [7, 11) is 0. The van der Waals surface area contributed by atoms with Gasteiger partial charge in [-0.2, -0.15) is 0 Å². The topological polar surface area (TPSA) is 101 Å². The maximum Gasteiger partial charge on any atom is 0.309 e. The first-order chi connectivity index (χ1) is 10.9. The maximum absolute atomic E-state index is 12.1. The van der Waals surface area contributed by atoms with Gasteiger partial charge in [-0.1, -0.05) is 26.2 Å². The van der Waals surface area contributed by atoms with Crippen molar-refractivity contribution in [3.05, 3.63) is 0 Å². The van der Waals surface area contributed by atoms with Gasteiger partial charge >= 0.3 is 17.9 Å². The van der Waals surface area contributed by atoms with Gasteiger partial charge in [0.25, 0.3) is 0 Å². The fourth-order valence-corrected chi connectivity index (χ4v) is 3.17. The van der Waals surface area contributed by atoms with E-state index >= 15 is 0 Å². The van der Waals surface area contributed by atoms with Crippen LogP contribution in [0.3, 0.4) is 0 Å². The number of hydrogen-bond acceptors (Lipinski definition) is 4. The number of carbonyl (C=O) groups excluding carboxylic acids is 1. The predicted molar refractivity (Wildman–Crippen MR) is 83.9 cm³/mol. The number of rotatable bonds is 10. The quantitative estimate of drug-likeness (QED) is 0.472. The highest BCUT2D eigenvalue weighted by Gasteiger charge is 2.36. The molecule has 0 saturated heterocycles. The van der Waals surface area contributed by atoms with Gasteiger partial charge in [0.1, 0.15) is 0 Å². The lowest BCUT2D eigenvalue weighted by Gasteiger charge is -2.26. The summed E-state index contributed by atoms with van der Waals surface area (Å²) in [5.41, 5.74) is 0. The molecule has 0 aliphatic heterocycles. The highest BCUT2D eigenvalue weighted by atomic mass is 16.5. The van der Waals surface area contributed by atoms with Crippen LogP contribution in [0.2, 0.25) is 0 Å². The summed E-state index contributed by atoms with van der Waals surface area (Å²) in [4.78, 5) is 33.7. The van der Waals surface area contributed by atoms with E-state index in [0.29, 0.717) is 31.8 Å². The van der Waals surface area contributed by atoms with Crippen LogP contribution >= 0.6 is 0 Å². The second-order valence-electron chi connectivity index (χ2n) is 6.54. The summed E-state index contributed by atoms with van der Waals surface area (Å²) in [6, 6.07) is 0. The molecule has 0 aromatic carbocycles. The van der Waals surface area contributed by atoms with Crippen LogP contribution in [0.5, 0.6) is 0 Å². The Labute approximate surface area is 137 Å². The first-order valence-corrected chi connectivity index (χ1v) is 8.53. The van der Waals surface area contributed by atoms with Gasteiger partial charge in [-0.25, -0.2) is 0 Å². The third-order valence-corrected chi connectivity index (χ3v) is 4.56. The Morgan fingerprint density at radius 3 is 2.26 bits per heavy atom. The largest absolute Gasteiger partial charge is 0.481 e. The van der Waals surface area contributed by atoms with Gasteiger partial charge in [0, 0.05) is 6.42 Å². The normalized spacial score (nSPS) is 22.3. The molecule has 1 aliphatic carbocycles. The van der Waals surface area contributed by atoms with Gasteiger partial charge < -0.3 is 14.9 Å². The highest BCUT2D eigenvalue weighted by Crippen LogP contribution is 2.31. The van der Waals surface area contributed by atoms with E-state index < -0.39 is 23.8 Å². The van der Waals surface area contributed by atoms with Crippen LogP contribution < -0.4 is 0 Å². The zero-order valence-corrected chi connectivity index (χ0v) is 13.8. The molecule has 1 aliphatic rings. The fourth-order valence-electron chi connectivity index (χ4n) is 3.17. The van der Waals surface area contributed by atoms with E-state index in [2.05, 4.69) is 6.92 Å². The molecule has 0 spiro atoms. The third kappa shape index (κ3) is 7.48. The molecule has 1 saturated carbocycles. The fraction of sp³-hybridized carbons (Fsp3) is 0.824. The summed E-state index contributed by atoms with van der Waals surface area (Å²) < 4.78 is 5.26. The van der Waals surface area contributed by atoms with E-state index in [9.17, 15) is 19.5 Å². The van der Waals surface area contributed by atoms with Crippen LogP contribution in [-0.2, 0) is 19.1 Å². The molecule has 0 heterocycles. The molecule has 132 valence electrons. The number of carboxylic acids is 2. The zero-order chi connectivity index (χ0) is 17.2. The van der Waals surface area contributed by atoms with Gasteiger partial charge in [0.15, 0.2) is 0 Å². The van der Waals surface area contributed by atoms with Gasteiger partial charge in [0.05, 0.1) is 18.4 Å². The summed E-state index contributed by atoms with van der Waals surface area (Å²) in [5, 5.41) is 17.8. The van der Waals surface area contributed by atoms with Crippen molar-refractivity contribution < 1.29 is 29.3 Å². The van der Waals surface area contributed by atoms with Crippen molar-refractivity contribution in [3.8, 4) is 0 Å². The molecule has 0 radical (unpaired) electrons. The molecular formula is C17H28O6. The predicted octanol–water partition coefficient (Wildman–Crippen LogP) is 3.09. The second-order valence-corrected chi connectivity index (χ2v) is 6.54. The number of esters is 1. The van der Waals surface area contributed by atoms with Crippen LogP contribution in [-0.4, -0.2) is 34.7 Å². The number of hydrogen-bond donors (Lipinski definition) is 2. The van der Waals surface area contributed by atoms with Gasteiger partial charge in [-0.15, -0.1) is 0 Å². The Morgan fingerprint density at radius 2 is 1.65 bits per heavy atom. The Kier molecular flexibility index (Phi) is 8.66. The van der Waals surface area contributed by atoms with Crippen LogP contribution in [0.4, 0.5) is 0 Å². The summed E-state index contributed by atoms with van der Waals surface area (Å²) >= 11 is 0. The molecular weight excluding hydrogens is 300 g/mol. The number of ether oxygens (including phenoxy) is 1. The average Bonchev–Trinajstić information content (AvgIpc) is 2.51. The molecule has 6 nitrogen and oxygen atoms in total. The smallest absolute Gasteiger partial charge is 0.309 e. The van der Waals surface area contributed by atoms with Crippen LogP contribution in [0.1, 0.15) is 64.7 Å². The molecule has 1 fully saturated rings. The first-order valence-electron chi connectivity index (χ1n) is 8.53. The second kappa shape index (κ2) is 10.2. The number of carbonyl (C=O) groups is 3. The molecule has 2 N–H and O–H groups in total. The summed E-state index contributed by atoms with van der Waals surface area (Å²) in [6.45, 7) is 2.37. The van der Waals surface area contributed by atoms with Gasteiger partial charge in [0.2, 0.25) is 0 Å². The minimum atomic E-state index is -0.904. The van der Waals surface area contributed by atoms with Crippen LogP contribution in [0.25, 0.3) is 0 Å². The lowest BCUT2D eigenvalue weighted by atomic mass is 9.79. The van der Waals surface area contributed by atoms with Crippen molar-refractivity contribution in [1.29, 1.82) is 0 Å².